The van der Waals surface area contributed by atoms with Gasteiger partial charge in [-0.05, 0) is 12.1 Å². The zero-order valence-corrected chi connectivity index (χ0v) is 12.7. The number of rotatable bonds is 4. The number of benzene rings is 1. The second-order valence-corrected chi connectivity index (χ2v) is 3.09. The van der Waals surface area contributed by atoms with Crippen molar-refractivity contribution in [2.45, 2.75) is 0 Å². The number of carboxylic acid groups (broad SMARTS) is 4. The molecule has 0 aliphatic rings. The molecular weight excluding hydrogens is 297 g/mol. The van der Waals surface area contributed by atoms with Crippen LogP contribution in [0, 0.1) is 0 Å². The first-order chi connectivity index (χ1) is 8.25. The quantitative estimate of drug-likeness (QED) is 0.497. The molecule has 8 nitrogen and oxygen atoms in total. The number of hydrogen-bond donors (Lipinski definition) is 0. The maximum absolute atomic E-state index is 10.6. The van der Waals surface area contributed by atoms with Crippen LogP contribution in [0.5, 0.6) is 0 Å². The summed E-state index contributed by atoms with van der Waals surface area (Å²) in [4.78, 5) is 42.4. The summed E-state index contributed by atoms with van der Waals surface area (Å²) in [6, 6.07) is 0.613. The fourth-order valence-corrected chi connectivity index (χ4v) is 1.28. The number of carbonyl (C=O) groups excluding carboxylic acids is 4. The number of carboxylic acids is 4. The van der Waals surface area contributed by atoms with E-state index in [-0.39, 0.29) is 46.1 Å². The van der Waals surface area contributed by atoms with E-state index in [1.807, 2.05) is 0 Å². The fourth-order valence-electron chi connectivity index (χ4n) is 1.28. The van der Waals surface area contributed by atoms with Gasteiger partial charge in [0.05, 0.1) is 23.9 Å². The summed E-state index contributed by atoms with van der Waals surface area (Å²) in [7, 11) is 0. The van der Waals surface area contributed by atoms with Crippen LogP contribution in [-0.2, 0) is 0 Å². The Morgan fingerprint density at radius 1 is 0.550 bits per heavy atom. The van der Waals surface area contributed by atoms with Gasteiger partial charge in [0.15, 0.2) is 0 Å². The summed E-state index contributed by atoms with van der Waals surface area (Å²) in [5.41, 5.74) is -4.11. The van der Waals surface area contributed by atoms with Gasteiger partial charge in [0, 0.05) is 22.3 Å². The molecule has 0 N–H and O–H groups in total. The average molecular weight is 299 g/mol. The van der Waals surface area contributed by atoms with Gasteiger partial charge >= 0.3 is 46.1 Å². The topological polar surface area (TPSA) is 161 Å². The molecule has 10 heteroatoms. The van der Waals surface area contributed by atoms with Crippen LogP contribution in [0.4, 0.5) is 0 Å². The van der Waals surface area contributed by atoms with Crippen molar-refractivity contribution in [3.8, 4) is 0 Å². The van der Waals surface area contributed by atoms with Crippen LogP contribution < -0.4 is 20.4 Å². The molecule has 0 saturated heterocycles. The molecule has 0 aliphatic heterocycles. The molecule has 0 heterocycles. The SMILES string of the molecule is O=C([O-])c1cc(C(=O)[O-])c(C(=O)[O-])cc1C(=O)[O-].[Mg+2].[Mg+2]. The Bertz CT molecular complexity index is 483. The first-order valence-corrected chi connectivity index (χ1v) is 4.29. The van der Waals surface area contributed by atoms with Crippen LogP contribution in [0.1, 0.15) is 41.4 Å². The van der Waals surface area contributed by atoms with Gasteiger partial charge in [0.25, 0.3) is 0 Å². The van der Waals surface area contributed by atoms with E-state index < -0.39 is 46.1 Å². The van der Waals surface area contributed by atoms with Crippen LogP contribution in [0.3, 0.4) is 0 Å². The van der Waals surface area contributed by atoms with Crippen molar-refractivity contribution >= 4 is 70.0 Å². The van der Waals surface area contributed by atoms with Gasteiger partial charge < -0.3 is 39.6 Å². The fraction of sp³-hybridized carbons (Fsp3) is 0. The Hall–Kier alpha value is -1.37. The monoisotopic (exact) mass is 298 g/mol. The Kier molecular flexibility index (Phi) is 8.42. The minimum Gasteiger partial charge on any atom is -0.545 e. The minimum absolute atomic E-state index is 0. The maximum Gasteiger partial charge on any atom is 2.00 e. The molecule has 0 spiro atoms. The van der Waals surface area contributed by atoms with Gasteiger partial charge in [0.2, 0.25) is 0 Å². The average Bonchev–Trinajstić information content (AvgIpc) is 2.26. The standard InChI is InChI=1S/C10H6O8.2Mg/c11-7(12)3-1-4(8(13)14)6(10(17)18)2-5(3)9(15)16;;/h1-2H,(H,11,12)(H,13,14)(H,15,16)(H,17,18);;/q;2*+2/p-4. The molecule has 94 valence electrons. The second-order valence-electron chi connectivity index (χ2n) is 3.09. The van der Waals surface area contributed by atoms with Gasteiger partial charge in [-0.25, -0.2) is 0 Å². The summed E-state index contributed by atoms with van der Waals surface area (Å²) in [5.74, 6) is -7.99. The predicted octanol–water partition coefficient (Wildman–Crippen LogP) is -5.62. The summed E-state index contributed by atoms with van der Waals surface area (Å²) in [6.45, 7) is 0. The Balaban J connectivity index is 0. The molecular formula is C10H2Mg2O8. The molecule has 0 atom stereocenters. The molecule has 0 amide bonds. The van der Waals surface area contributed by atoms with E-state index in [2.05, 4.69) is 0 Å². The van der Waals surface area contributed by atoms with E-state index in [9.17, 15) is 39.6 Å². The van der Waals surface area contributed by atoms with Crippen LogP contribution in [0.25, 0.3) is 0 Å². The van der Waals surface area contributed by atoms with Gasteiger partial charge in [-0.1, -0.05) is 0 Å². The summed E-state index contributed by atoms with van der Waals surface area (Å²) < 4.78 is 0. The second kappa shape index (κ2) is 8.04. The van der Waals surface area contributed by atoms with Crippen LogP contribution >= 0.6 is 0 Å². The van der Waals surface area contributed by atoms with Crippen LogP contribution in [0.15, 0.2) is 12.1 Å². The summed E-state index contributed by atoms with van der Waals surface area (Å²) in [5, 5.41) is 42.4. The summed E-state index contributed by atoms with van der Waals surface area (Å²) in [6.07, 6.45) is 0. The smallest absolute Gasteiger partial charge is 0.545 e. The van der Waals surface area contributed by atoms with Crippen molar-refractivity contribution in [3.05, 3.63) is 34.4 Å². The van der Waals surface area contributed by atoms with Gasteiger partial charge in [-0.15, -0.1) is 0 Å². The number of hydrogen-bond acceptors (Lipinski definition) is 8. The van der Waals surface area contributed by atoms with Crippen LogP contribution in [-0.4, -0.2) is 70.0 Å². The minimum atomic E-state index is -2.00. The normalized spacial score (nSPS) is 8.80. The van der Waals surface area contributed by atoms with E-state index in [1.54, 1.807) is 0 Å². The molecule has 1 aromatic rings. The van der Waals surface area contributed by atoms with E-state index in [1.165, 1.54) is 0 Å². The molecule has 0 fully saturated rings. The van der Waals surface area contributed by atoms with Crippen molar-refractivity contribution in [1.82, 2.24) is 0 Å². The van der Waals surface area contributed by atoms with Gasteiger partial charge in [0.1, 0.15) is 0 Å². The molecule has 0 unspecified atom stereocenters. The predicted molar refractivity (Wildman–Crippen MR) is 55.3 cm³/mol. The Morgan fingerprint density at radius 2 is 0.700 bits per heavy atom. The van der Waals surface area contributed by atoms with Gasteiger partial charge in [-0.3, -0.25) is 0 Å². The Morgan fingerprint density at radius 3 is 0.800 bits per heavy atom. The van der Waals surface area contributed by atoms with Crippen molar-refractivity contribution in [2.24, 2.45) is 0 Å². The molecule has 0 bridgehead atoms. The van der Waals surface area contributed by atoms with Crippen molar-refractivity contribution < 1.29 is 39.6 Å². The van der Waals surface area contributed by atoms with E-state index >= 15 is 0 Å². The molecule has 0 radical (unpaired) electrons. The van der Waals surface area contributed by atoms with Crippen molar-refractivity contribution in [1.29, 1.82) is 0 Å². The molecule has 0 aromatic heterocycles. The third-order valence-corrected chi connectivity index (χ3v) is 2.04. The Labute approximate surface area is 143 Å². The van der Waals surface area contributed by atoms with Gasteiger partial charge in [-0.2, -0.15) is 0 Å². The largest absolute Gasteiger partial charge is 2.00 e. The first kappa shape index (κ1) is 20.9. The van der Waals surface area contributed by atoms with Crippen molar-refractivity contribution in [3.63, 3.8) is 0 Å². The zero-order chi connectivity index (χ0) is 14.0. The van der Waals surface area contributed by atoms with E-state index in [0.29, 0.717) is 12.1 Å². The number of carbonyl (C=O) groups is 4. The summed E-state index contributed by atoms with van der Waals surface area (Å²) >= 11 is 0. The molecule has 0 saturated carbocycles. The third-order valence-electron chi connectivity index (χ3n) is 2.04. The molecule has 20 heavy (non-hydrogen) atoms. The van der Waals surface area contributed by atoms with Crippen molar-refractivity contribution in [2.75, 3.05) is 0 Å². The van der Waals surface area contributed by atoms with Crippen LogP contribution in [0.2, 0.25) is 0 Å². The maximum atomic E-state index is 10.6. The third kappa shape index (κ3) is 4.33. The molecule has 1 aromatic carbocycles. The van der Waals surface area contributed by atoms with E-state index in [4.69, 9.17) is 0 Å². The molecule has 0 aliphatic carbocycles. The van der Waals surface area contributed by atoms with E-state index in [0.717, 1.165) is 0 Å². The zero-order valence-electron chi connectivity index (χ0n) is 9.83. The first-order valence-electron chi connectivity index (χ1n) is 4.29. The number of aromatic carboxylic acids is 4. The molecule has 1 rings (SSSR count).